The summed E-state index contributed by atoms with van der Waals surface area (Å²) in [5.74, 6) is -0.588. The Morgan fingerprint density at radius 1 is 1.21 bits per heavy atom. The number of rotatable bonds is 4. The van der Waals surface area contributed by atoms with Gasteiger partial charge in [-0.1, -0.05) is 13.8 Å². The van der Waals surface area contributed by atoms with Crippen molar-refractivity contribution in [3.63, 3.8) is 0 Å². The van der Waals surface area contributed by atoms with Gasteiger partial charge in [0.1, 0.15) is 11.2 Å². The Kier molecular flexibility index (Phi) is 4.28. The summed E-state index contributed by atoms with van der Waals surface area (Å²) in [6.45, 7) is 5.49. The maximum absolute atomic E-state index is 13.3. The molecule has 4 rings (SSSR count). The predicted molar refractivity (Wildman–Crippen MR) is 103 cm³/mol. The van der Waals surface area contributed by atoms with E-state index in [1.54, 1.807) is 4.68 Å². The number of hydrogen-bond acceptors (Lipinski definition) is 3. The monoisotopic (exact) mass is 384 g/mol. The van der Waals surface area contributed by atoms with E-state index in [4.69, 9.17) is 0 Å². The predicted octanol–water partition coefficient (Wildman–Crippen LogP) is 2.93. The maximum Gasteiger partial charge on any atom is 0.240 e. The fraction of sp³-hybridized carbons (Fsp3) is 0.476. The number of aryl methyl sites for hydroxylation is 1. The van der Waals surface area contributed by atoms with Gasteiger partial charge in [0.2, 0.25) is 11.8 Å². The van der Waals surface area contributed by atoms with Crippen molar-refractivity contribution in [2.45, 2.75) is 32.6 Å². The summed E-state index contributed by atoms with van der Waals surface area (Å²) in [6.07, 6.45) is 4.95. The standard InChI is InChI=1S/C21H25FN4O2/c1-20(2)13-26(12-17(20)14-10-23-25(3)11-14)19(28)21(8-9-21)18(27)24-16-6-4-15(22)5-7-16/h4-7,10-11,17H,8-9,12-13H2,1-3H3,(H,24,27). The lowest BCUT2D eigenvalue weighted by Gasteiger charge is -2.25. The van der Waals surface area contributed by atoms with E-state index in [0.29, 0.717) is 31.6 Å². The molecule has 0 radical (unpaired) electrons. The highest BCUT2D eigenvalue weighted by Gasteiger charge is 2.59. The molecule has 2 aliphatic rings. The number of anilines is 1. The third-order valence-electron chi connectivity index (χ3n) is 6.06. The SMILES string of the molecule is Cn1cc(C2CN(C(=O)C3(C(=O)Nc4ccc(F)cc4)CC3)CC2(C)C)cn1. The smallest absolute Gasteiger partial charge is 0.240 e. The summed E-state index contributed by atoms with van der Waals surface area (Å²) in [7, 11) is 1.88. The number of carbonyl (C=O) groups is 2. The zero-order valence-electron chi connectivity index (χ0n) is 16.4. The van der Waals surface area contributed by atoms with Crippen LogP contribution in [0.3, 0.4) is 0 Å². The summed E-state index contributed by atoms with van der Waals surface area (Å²) < 4.78 is 14.8. The number of nitrogens with one attached hydrogen (secondary N) is 1. The van der Waals surface area contributed by atoms with Crippen molar-refractivity contribution in [1.29, 1.82) is 0 Å². The van der Waals surface area contributed by atoms with Crippen LogP contribution in [0.15, 0.2) is 36.7 Å². The Bertz CT molecular complexity index is 915. The quantitative estimate of drug-likeness (QED) is 0.824. The summed E-state index contributed by atoms with van der Waals surface area (Å²) in [5, 5.41) is 7.04. The second kappa shape index (κ2) is 6.43. The molecule has 1 saturated heterocycles. The second-order valence-electron chi connectivity index (χ2n) is 8.72. The van der Waals surface area contributed by atoms with Gasteiger partial charge >= 0.3 is 0 Å². The van der Waals surface area contributed by atoms with Crippen LogP contribution >= 0.6 is 0 Å². The van der Waals surface area contributed by atoms with Gasteiger partial charge in [-0.05, 0) is 48.1 Å². The number of amides is 2. The van der Waals surface area contributed by atoms with Crippen LogP contribution in [-0.4, -0.2) is 39.6 Å². The first-order valence-electron chi connectivity index (χ1n) is 9.56. The molecule has 1 atom stereocenters. The highest BCUT2D eigenvalue weighted by atomic mass is 19.1. The first-order valence-corrected chi connectivity index (χ1v) is 9.56. The average molecular weight is 384 g/mol. The zero-order chi connectivity index (χ0) is 20.1. The molecular weight excluding hydrogens is 359 g/mol. The van der Waals surface area contributed by atoms with Gasteiger partial charge in [-0.25, -0.2) is 4.39 Å². The Hall–Kier alpha value is -2.70. The van der Waals surface area contributed by atoms with Crippen molar-refractivity contribution < 1.29 is 14.0 Å². The lowest BCUT2D eigenvalue weighted by molar-refractivity contribution is -0.141. The van der Waals surface area contributed by atoms with Gasteiger partial charge in [-0.2, -0.15) is 5.10 Å². The first-order chi connectivity index (χ1) is 13.2. The first kappa shape index (κ1) is 18.7. The fourth-order valence-corrected chi connectivity index (χ4v) is 4.22. The number of carbonyl (C=O) groups excluding carboxylic acids is 2. The van der Waals surface area contributed by atoms with Gasteiger partial charge in [0.15, 0.2) is 0 Å². The van der Waals surface area contributed by atoms with Crippen LogP contribution in [-0.2, 0) is 16.6 Å². The van der Waals surface area contributed by atoms with E-state index >= 15 is 0 Å². The average Bonchev–Trinajstić information content (AvgIpc) is 3.25. The highest BCUT2D eigenvalue weighted by molar-refractivity contribution is 6.13. The Morgan fingerprint density at radius 2 is 1.89 bits per heavy atom. The van der Waals surface area contributed by atoms with E-state index in [1.165, 1.54) is 24.3 Å². The van der Waals surface area contributed by atoms with Gasteiger partial charge < -0.3 is 10.2 Å². The molecule has 7 heteroatoms. The van der Waals surface area contributed by atoms with Crippen molar-refractivity contribution in [1.82, 2.24) is 14.7 Å². The molecular formula is C21H25FN4O2. The van der Waals surface area contributed by atoms with E-state index in [2.05, 4.69) is 24.3 Å². The van der Waals surface area contributed by atoms with Gasteiger partial charge in [0.05, 0.1) is 6.20 Å². The van der Waals surface area contributed by atoms with Crippen LogP contribution in [0.2, 0.25) is 0 Å². The largest absolute Gasteiger partial charge is 0.341 e. The Balaban J connectivity index is 1.49. The molecule has 28 heavy (non-hydrogen) atoms. The third kappa shape index (κ3) is 3.19. The molecule has 1 aromatic heterocycles. The molecule has 2 aromatic rings. The van der Waals surface area contributed by atoms with Crippen molar-refractivity contribution in [3.8, 4) is 0 Å². The summed E-state index contributed by atoms with van der Waals surface area (Å²) in [5.41, 5.74) is 0.528. The number of likely N-dealkylation sites (tertiary alicyclic amines) is 1. The van der Waals surface area contributed by atoms with Crippen molar-refractivity contribution in [3.05, 3.63) is 48.0 Å². The molecule has 1 aromatic carbocycles. The number of hydrogen-bond donors (Lipinski definition) is 1. The molecule has 2 fully saturated rings. The minimum absolute atomic E-state index is 0.0950. The van der Waals surface area contributed by atoms with Crippen LogP contribution in [0.5, 0.6) is 0 Å². The summed E-state index contributed by atoms with van der Waals surface area (Å²) in [6, 6.07) is 5.59. The molecule has 6 nitrogen and oxygen atoms in total. The maximum atomic E-state index is 13.3. The topological polar surface area (TPSA) is 67.2 Å². The fourth-order valence-electron chi connectivity index (χ4n) is 4.22. The number of benzene rings is 1. The molecule has 0 spiro atoms. The van der Waals surface area contributed by atoms with E-state index in [9.17, 15) is 14.0 Å². The van der Waals surface area contributed by atoms with Gasteiger partial charge in [0.25, 0.3) is 0 Å². The van der Waals surface area contributed by atoms with E-state index in [1.807, 2.05) is 24.3 Å². The van der Waals surface area contributed by atoms with Crippen LogP contribution in [0.1, 0.15) is 38.2 Å². The van der Waals surface area contributed by atoms with Crippen LogP contribution in [0.4, 0.5) is 10.1 Å². The molecule has 1 N–H and O–H groups in total. The van der Waals surface area contributed by atoms with Crippen LogP contribution in [0.25, 0.3) is 0 Å². The lowest BCUT2D eigenvalue weighted by Crippen LogP contribution is -2.42. The van der Waals surface area contributed by atoms with Crippen molar-refractivity contribution >= 4 is 17.5 Å². The van der Waals surface area contributed by atoms with Gasteiger partial charge in [-0.3, -0.25) is 14.3 Å². The number of aromatic nitrogens is 2. The normalized spacial score (nSPS) is 22.1. The van der Waals surface area contributed by atoms with Gasteiger partial charge in [-0.15, -0.1) is 0 Å². The third-order valence-corrected chi connectivity index (χ3v) is 6.06. The Labute approximate surface area is 163 Å². The molecule has 2 amide bonds. The second-order valence-corrected chi connectivity index (χ2v) is 8.72. The number of halogens is 1. The van der Waals surface area contributed by atoms with E-state index < -0.39 is 5.41 Å². The zero-order valence-corrected chi connectivity index (χ0v) is 16.4. The lowest BCUT2D eigenvalue weighted by atomic mass is 9.79. The van der Waals surface area contributed by atoms with E-state index in [0.717, 1.165) is 5.56 Å². The molecule has 148 valence electrons. The summed E-state index contributed by atoms with van der Waals surface area (Å²) >= 11 is 0. The Morgan fingerprint density at radius 3 is 2.46 bits per heavy atom. The molecule has 1 unspecified atom stereocenters. The summed E-state index contributed by atoms with van der Waals surface area (Å²) in [4.78, 5) is 27.9. The molecule has 1 aliphatic heterocycles. The highest BCUT2D eigenvalue weighted by Crippen LogP contribution is 2.51. The van der Waals surface area contributed by atoms with Crippen molar-refractivity contribution in [2.24, 2.45) is 17.9 Å². The molecule has 1 aliphatic carbocycles. The molecule has 0 bridgehead atoms. The van der Waals surface area contributed by atoms with Gasteiger partial charge in [0, 0.05) is 37.9 Å². The van der Waals surface area contributed by atoms with E-state index in [-0.39, 0.29) is 29.0 Å². The van der Waals surface area contributed by atoms with Crippen LogP contribution < -0.4 is 5.32 Å². The number of nitrogens with zero attached hydrogens (tertiary/aromatic N) is 3. The van der Waals surface area contributed by atoms with Crippen molar-refractivity contribution in [2.75, 3.05) is 18.4 Å². The van der Waals surface area contributed by atoms with Crippen LogP contribution in [0, 0.1) is 16.6 Å². The molecule has 1 saturated carbocycles. The minimum atomic E-state index is -0.992. The molecule has 2 heterocycles. The minimum Gasteiger partial charge on any atom is -0.341 e.